The number of hydrogen-bond acceptors (Lipinski definition) is 2. The number of carbonyl (C=O) groups is 2. The summed E-state index contributed by atoms with van der Waals surface area (Å²) in [6.07, 6.45) is 9.30. The fourth-order valence-corrected chi connectivity index (χ4v) is 2.34. The number of aromatic amines is 1. The maximum atomic E-state index is 11.9. The van der Waals surface area contributed by atoms with Crippen LogP contribution in [0.1, 0.15) is 18.9 Å². The summed E-state index contributed by atoms with van der Waals surface area (Å²) in [5, 5.41) is 12.9. The monoisotopic (exact) mass is 312 g/mol. The molecule has 0 saturated heterocycles. The van der Waals surface area contributed by atoms with Gasteiger partial charge in [-0.25, -0.2) is 4.79 Å². The highest BCUT2D eigenvalue weighted by Gasteiger charge is 2.21. The van der Waals surface area contributed by atoms with Crippen molar-refractivity contribution < 1.29 is 14.7 Å². The average molecular weight is 312 g/mol. The zero-order valence-corrected chi connectivity index (χ0v) is 13.0. The predicted molar refractivity (Wildman–Crippen MR) is 90.1 cm³/mol. The molecule has 1 aromatic carbocycles. The number of rotatable bonds is 7. The zero-order chi connectivity index (χ0) is 16.7. The molecule has 2 rings (SSSR count). The average Bonchev–Trinajstić information content (AvgIpc) is 2.94. The molecule has 120 valence electrons. The van der Waals surface area contributed by atoms with Gasteiger partial charge in [0.05, 0.1) is 0 Å². The summed E-state index contributed by atoms with van der Waals surface area (Å²) in [7, 11) is 0. The smallest absolute Gasteiger partial charge is 0.326 e. The lowest BCUT2D eigenvalue weighted by atomic mass is 10.0. The van der Waals surface area contributed by atoms with E-state index in [4.69, 9.17) is 0 Å². The van der Waals surface area contributed by atoms with Crippen molar-refractivity contribution in [2.45, 2.75) is 25.8 Å². The van der Waals surface area contributed by atoms with E-state index in [1.165, 1.54) is 0 Å². The maximum absolute atomic E-state index is 11.9. The number of allylic oxidation sites excluding steroid dienone is 3. The van der Waals surface area contributed by atoms with Crippen LogP contribution >= 0.6 is 0 Å². The first-order valence-electron chi connectivity index (χ1n) is 7.46. The van der Waals surface area contributed by atoms with E-state index in [9.17, 15) is 14.7 Å². The number of fused-ring (bicyclic) bond motifs is 1. The van der Waals surface area contributed by atoms with Crippen LogP contribution in [0.3, 0.4) is 0 Å². The van der Waals surface area contributed by atoms with Gasteiger partial charge >= 0.3 is 5.97 Å². The number of carboxylic acids is 1. The minimum absolute atomic E-state index is 0.155. The maximum Gasteiger partial charge on any atom is 0.326 e. The van der Waals surface area contributed by atoms with Gasteiger partial charge in [0.1, 0.15) is 6.04 Å². The number of carbonyl (C=O) groups excluding carboxylic acids is 1. The van der Waals surface area contributed by atoms with E-state index in [0.29, 0.717) is 0 Å². The van der Waals surface area contributed by atoms with Crippen molar-refractivity contribution in [2.24, 2.45) is 0 Å². The summed E-state index contributed by atoms with van der Waals surface area (Å²) in [4.78, 5) is 26.4. The van der Waals surface area contributed by atoms with E-state index in [0.717, 1.165) is 16.5 Å². The van der Waals surface area contributed by atoms with Crippen LogP contribution in [0.15, 0.2) is 54.8 Å². The Balaban J connectivity index is 2.04. The molecule has 0 spiro atoms. The van der Waals surface area contributed by atoms with Crippen molar-refractivity contribution in [1.29, 1.82) is 0 Å². The molecule has 1 atom stereocenters. The van der Waals surface area contributed by atoms with Crippen molar-refractivity contribution in [1.82, 2.24) is 10.3 Å². The third-order valence-electron chi connectivity index (χ3n) is 3.48. The van der Waals surface area contributed by atoms with E-state index >= 15 is 0 Å². The van der Waals surface area contributed by atoms with Gasteiger partial charge in [0.25, 0.3) is 0 Å². The van der Waals surface area contributed by atoms with Gasteiger partial charge < -0.3 is 15.4 Å². The largest absolute Gasteiger partial charge is 0.480 e. The van der Waals surface area contributed by atoms with Gasteiger partial charge in [0, 0.05) is 29.9 Å². The van der Waals surface area contributed by atoms with Gasteiger partial charge in [-0.05, 0) is 18.6 Å². The Morgan fingerprint density at radius 2 is 2.09 bits per heavy atom. The summed E-state index contributed by atoms with van der Waals surface area (Å²) < 4.78 is 0. The Morgan fingerprint density at radius 3 is 2.83 bits per heavy atom. The molecule has 23 heavy (non-hydrogen) atoms. The number of nitrogens with one attached hydrogen (secondary N) is 2. The van der Waals surface area contributed by atoms with Gasteiger partial charge in [0.2, 0.25) is 5.91 Å². The highest BCUT2D eigenvalue weighted by molar-refractivity contribution is 5.87. The Kier molecular flexibility index (Phi) is 5.74. The second-order valence-corrected chi connectivity index (χ2v) is 5.18. The van der Waals surface area contributed by atoms with Crippen molar-refractivity contribution >= 4 is 22.8 Å². The Bertz CT molecular complexity index is 744. The second kappa shape index (κ2) is 7.98. The van der Waals surface area contributed by atoms with Crippen molar-refractivity contribution in [2.75, 3.05) is 0 Å². The quantitative estimate of drug-likeness (QED) is 0.688. The van der Waals surface area contributed by atoms with Crippen LogP contribution in [0.2, 0.25) is 0 Å². The van der Waals surface area contributed by atoms with Crippen molar-refractivity contribution in [3.05, 3.63) is 60.3 Å². The molecular formula is C18H20N2O3. The van der Waals surface area contributed by atoms with Crippen LogP contribution in [0, 0.1) is 0 Å². The zero-order valence-electron chi connectivity index (χ0n) is 13.0. The summed E-state index contributed by atoms with van der Waals surface area (Å²) >= 11 is 0. The molecule has 1 amide bonds. The number of aromatic nitrogens is 1. The fourth-order valence-electron chi connectivity index (χ4n) is 2.34. The lowest BCUT2D eigenvalue weighted by Gasteiger charge is -2.13. The minimum atomic E-state index is -1.04. The lowest BCUT2D eigenvalue weighted by molar-refractivity contribution is -0.141. The van der Waals surface area contributed by atoms with Crippen LogP contribution in [0.5, 0.6) is 0 Å². The van der Waals surface area contributed by atoms with E-state index in [1.807, 2.05) is 43.3 Å². The molecule has 5 nitrogen and oxygen atoms in total. The van der Waals surface area contributed by atoms with E-state index < -0.39 is 12.0 Å². The molecule has 0 fully saturated rings. The number of aliphatic carboxylic acids is 1. The number of H-pyrrole nitrogens is 1. The van der Waals surface area contributed by atoms with Gasteiger partial charge in [-0.1, -0.05) is 42.5 Å². The molecule has 1 aromatic heterocycles. The highest BCUT2D eigenvalue weighted by Crippen LogP contribution is 2.19. The number of benzene rings is 1. The van der Waals surface area contributed by atoms with Gasteiger partial charge in [-0.2, -0.15) is 0 Å². The van der Waals surface area contributed by atoms with Crippen LogP contribution < -0.4 is 5.32 Å². The number of hydrogen-bond donors (Lipinski definition) is 3. The molecule has 5 heteroatoms. The Labute approximate surface area is 134 Å². The molecule has 0 aliphatic rings. The summed E-state index contributed by atoms with van der Waals surface area (Å²) in [6, 6.07) is 6.73. The lowest BCUT2D eigenvalue weighted by Crippen LogP contribution is -2.42. The molecule has 0 aliphatic carbocycles. The SMILES string of the molecule is C/C=C\C=C/CC(=O)NC(Cc1c[nH]c2ccccc12)C(=O)O. The molecule has 1 unspecified atom stereocenters. The molecule has 0 saturated carbocycles. The molecule has 0 bridgehead atoms. The molecular weight excluding hydrogens is 292 g/mol. The van der Waals surface area contributed by atoms with Crippen molar-refractivity contribution in [3.8, 4) is 0 Å². The Hall–Kier alpha value is -2.82. The first-order valence-corrected chi connectivity index (χ1v) is 7.46. The summed E-state index contributed by atoms with van der Waals surface area (Å²) in [5.74, 6) is -1.35. The van der Waals surface area contributed by atoms with Crippen LogP contribution in [-0.4, -0.2) is 28.0 Å². The third kappa shape index (κ3) is 4.57. The minimum Gasteiger partial charge on any atom is -0.480 e. The molecule has 0 aliphatic heterocycles. The molecule has 0 radical (unpaired) electrons. The topological polar surface area (TPSA) is 82.2 Å². The van der Waals surface area contributed by atoms with Crippen LogP contribution in [-0.2, 0) is 16.0 Å². The second-order valence-electron chi connectivity index (χ2n) is 5.18. The van der Waals surface area contributed by atoms with E-state index in [1.54, 1.807) is 18.3 Å². The number of carboxylic acid groups (broad SMARTS) is 1. The van der Waals surface area contributed by atoms with Crippen LogP contribution in [0.4, 0.5) is 0 Å². The van der Waals surface area contributed by atoms with E-state index in [2.05, 4.69) is 10.3 Å². The fraction of sp³-hybridized carbons (Fsp3) is 0.222. The molecule has 3 N–H and O–H groups in total. The van der Waals surface area contributed by atoms with Crippen LogP contribution in [0.25, 0.3) is 10.9 Å². The van der Waals surface area contributed by atoms with Gasteiger partial charge in [0.15, 0.2) is 0 Å². The normalized spacial score (nSPS) is 12.9. The highest BCUT2D eigenvalue weighted by atomic mass is 16.4. The predicted octanol–water partition coefficient (Wildman–Crippen LogP) is 2.80. The Morgan fingerprint density at radius 1 is 1.30 bits per heavy atom. The van der Waals surface area contributed by atoms with E-state index in [-0.39, 0.29) is 18.7 Å². The first-order chi connectivity index (χ1) is 11.1. The standard InChI is InChI=1S/C18H20N2O3/c1-2-3-4-5-10-17(21)20-16(18(22)23)11-13-12-19-15-9-7-6-8-14(13)15/h2-9,12,16,19H,10-11H2,1H3,(H,20,21)(H,22,23)/b3-2-,5-4-. The number of para-hydroxylation sites is 1. The van der Waals surface area contributed by atoms with Gasteiger partial charge in [-0.3, -0.25) is 4.79 Å². The summed E-state index contributed by atoms with van der Waals surface area (Å²) in [6.45, 7) is 1.88. The third-order valence-corrected chi connectivity index (χ3v) is 3.48. The van der Waals surface area contributed by atoms with Gasteiger partial charge in [-0.15, -0.1) is 0 Å². The number of amides is 1. The first kappa shape index (κ1) is 16.5. The summed E-state index contributed by atoms with van der Waals surface area (Å²) in [5.41, 5.74) is 1.82. The molecule has 1 heterocycles. The van der Waals surface area contributed by atoms with Crippen molar-refractivity contribution in [3.63, 3.8) is 0 Å². The molecule has 2 aromatic rings.